The van der Waals surface area contributed by atoms with Crippen molar-refractivity contribution in [3.8, 4) is 0 Å². The number of nitrogens with one attached hydrogen (secondary N) is 1. The number of thioether (sulfide) groups is 1. The highest BCUT2D eigenvalue weighted by Crippen LogP contribution is 2.19. The number of aromatic nitrogens is 2. The summed E-state index contributed by atoms with van der Waals surface area (Å²) in [5.74, 6) is 0.553. The highest BCUT2D eigenvalue weighted by Gasteiger charge is 2.21. The van der Waals surface area contributed by atoms with Crippen molar-refractivity contribution >= 4 is 28.7 Å². The van der Waals surface area contributed by atoms with Crippen LogP contribution in [0.1, 0.15) is 6.92 Å². The highest BCUT2D eigenvalue weighted by molar-refractivity contribution is 7.99. The molecular weight excluding hydrogens is 274 g/mol. The van der Waals surface area contributed by atoms with Gasteiger partial charge < -0.3 is 14.6 Å². The van der Waals surface area contributed by atoms with Gasteiger partial charge in [-0.05, 0) is 19.1 Å². The van der Waals surface area contributed by atoms with Crippen LogP contribution in [0.4, 0.5) is 0 Å². The average molecular weight is 291 g/mol. The first-order chi connectivity index (χ1) is 9.72. The van der Waals surface area contributed by atoms with E-state index in [0.29, 0.717) is 25.4 Å². The molecule has 1 aromatic carbocycles. The summed E-state index contributed by atoms with van der Waals surface area (Å²) in [7, 11) is 0. The van der Waals surface area contributed by atoms with Crippen molar-refractivity contribution in [3.63, 3.8) is 0 Å². The number of para-hydroxylation sites is 2. The molecule has 1 N–H and O–H groups in total. The van der Waals surface area contributed by atoms with Gasteiger partial charge in [0.2, 0.25) is 5.91 Å². The zero-order chi connectivity index (χ0) is 13.9. The topological polar surface area (TPSA) is 58.2 Å². The third-order valence-electron chi connectivity index (χ3n) is 3.29. The number of nitrogens with zero attached hydrogens (tertiary/aromatic N) is 2. The zero-order valence-electron chi connectivity index (χ0n) is 11.3. The second-order valence-corrected chi connectivity index (χ2v) is 5.83. The number of carbonyl (C=O) groups excluding carboxylic acids is 1. The Morgan fingerprint density at radius 2 is 2.40 bits per heavy atom. The monoisotopic (exact) mass is 291 g/mol. The Kier molecular flexibility index (Phi) is 3.93. The van der Waals surface area contributed by atoms with Gasteiger partial charge in [-0.3, -0.25) is 4.79 Å². The predicted molar refractivity (Wildman–Crippen MR) is 78.8 cm³/mol. The van der Waals surface area contributed by atoms with Gasteiger partial charge in [0.05, 0.1) is 29.5 Å². The maximum atomic E-state index is 12.1. The van der Waals surface area contributed by atoms with E-state index >= 15 is 0 Å². The van der Waals surface area contributed by atoms with Gasteiger partial charge in [0.25, 0.3) is 0 Å². The summed E-state index contributed by atoms with van der Waals surface area (Å²) in [6, 6.07) is 7.87. The Hall–Kier alpha value is -1.53. The molecule has 2 heterocycles. The van der Waals surface area contributed by atoms with Crippen molar-refractivity contribution in [2.24, 2.45) is 0 Å². The van der Waals surface area contributed by atoms with Crippen LogP contribution >= 0.6 is 11.8 Å². The molecular formula is C14H17N3O2S. The molecule has 0 aliphatic carbocycles. The van der Waals surface area contributed by atoms with Crippen molar-refractivity contribution in [2.45, 2.75) is 18.2 Å². The van der Waals surface area contributed by atoms with Gasteiger partial charge in [0, 0.05) is 13.1 Å². The molecule has 1 aliphatic heterocycles. The lowest BCUT2D eigenvalue weighted by Crippen LogP contribution is -2.45. The number of imidazole rings is 1. The number of benzene rings is 1. The van der Waals surface area contributed by atoms with E-state index in [-0.39, 0.29) is 12.0 Å². The van der Waals surface area contributed by atoms with Crippen LogP contribution in [0.3, 0.4) is 0 Å². The first-order valence-corrected chi connectivity index (χ1v) is 7.68. The Balaban J connectivity index is 1.59. The van der Waals surface area contributed by atoms with Crippen LogP contribution in [0.15, 0.2) is 29.4 Å². The molecule has 0 unspecified atom stereocenters. The summed E-state index contributed by atoms with van der Waals surface area (Å²) in [6.45, 7) is 3.98. The number of amides is 1. The molecule has 2 aromatic rings. The fraction of sp³-hybridized carbons (Fsp3) is 0.429. The van der Waals surface area contributed by atoms with Gasteiger partial charge >= 0.3 is 0 Å². The molecule has 1 aliphatic rings. The number of H-pyrrole nitrogens is 1. The van der Waals surface area contributed by atoms with Gasteiger partial charge in [-0.15, -0.1) is 0 Å². The first kappa shape index (κ1) is 13.5. The number of fused-ring (bicyclic) bond motifs is 1. The normalized spacial score (nSPS) is 19.4. The largest absolute Gasteiger partial charge is 0.375 e. The number of aromatic amines is 1. The van der Waals surface area contributed by atoms with Crippen molar-refractivity contribution in [1.29, 1.82) is 0 Å². The molecule has 1 saturated heterocycles. The van der Waals surface area contributed by atoms with E-state index in [2.05, 4.69) is 9.97 Å². The molecule has 5 nitrogen and oxygen atoms in total. The fourth-order valence-corrected chi connectivity index (χ4v) is 3.05. The van der Waals surface area contributed by atoms with Crippen molar-refractivity contribution in [1.82, 2.24) is 14.9 Å². The summed E-state index contributed by atoms with van der Waals surface area (Å²) in [5, 5.41) is 0.792. The molecule has 1 atom stereocenters. The van der Waals surface area contributed by atoms with E-state index in [1.54, 1.807) is 0 Å². The van der Waals surface area contributed by atoms with Crippen molar-refractivity contribution < 1.29 is 9.53 Å². The SMILES string of the molecule is C[C@H]1CN(C(=O)CSc2nc3ccccc3[nH]2)CCO1. The third-order valence-corrected chi connectivity index (χ3v) is 4.15. The van der Waals surface area contributed by atoms with Gasteiger partial charge in [-0.25, -0.2) is 4.98 Å². The second-order valence-electron chi connectivity index (χ2n) is 4.87. The summed E-state index contributed by atoms with van der Waals surface area (Å²) in [5.41, 5.74) is 1.94. The number of hydrogen-bond acceptors (Lipinski definition) is 4. The lowest BCUT2D eigenvalue weighted by molar-refractivity contribution is -0.135. The maximum Gasteiger partial charge on any atom is 0.233 e. The lowest BCUT2D eigenvalue weighted by atomic mass is 10.3. The Morgan fingerprint density at radius 1 is 1.55 bits per heavy atom. The van der Waals surface area contributed by atoms with Crippen LogP contribution in [0.5, 0.6) is 0 Å². The molecule has 0 bridgehead atoms. The Labute approximate surface area is 121 Å². The minimum absolute atomic E-state index is 0.129. The number of morpholine rings is 1. The molecule has 3 rings (SSSR count). The van der Waals surface area contributed by atoms with Crippen LogP contribution in [0, 0.1) is 0 Å². The molecule has 1 amide bonds. The minimum atomic E-state index is 0.129. The summed E-state index contributed by atoms with van der Waals surface area (Å²) < 4.78 is 5.44. The summed E-state index contributed by atoms with van der Waals surface area (Å²) >= 11 is 1.45. The number of carbonyl (C=O) groups is 1. The van der Waals surface area contributed by atoms with Gasteiger partial charge in [-0.1, -0.05) is 23.9 Å². The minimum Gasteiger partial charge on any atom is -0.375 e. The van der Waals surface area contributed by atoms with Gasteiger partial charge in [0.1, 0.15) is 0 Å². The second kappa shape index (κ2) is 5.85. The van der Waals surface area contributed by atoms with Crippen LogP contribution in [-0.2, 0) is 9.53 Å². The average Bonchev–Trinajstić information content (AvgIpc) is 2.87. The quantitative estimate of drug-likeness (QED) is 0.878. The van der Waals surface area contributed by atoms with E-state index in [4.69, 9.17) is 4.74 Å². The van der Waals surface area contributed by atoms with E-state index in [1.165, 1.54) is 11.8 Å². The maximum absolute atomic E-state index is 12.1. The molecule has 6 heteroatoms. The number of ether oxygens (including phenoxy) is 1. The molecule has 1 aromatic heterocycles. The van der Waals surface area contributed by atoms with E-state index < -0.39 is 0 Å². The molecule has 0 radical (unpaired) electrons. The summed E-state index contributed by atoms with van der Waals surface area (Å²) in [4.78, 5) is 21.7. The van der Waals surface area contributed by atoms with Crippen LogP contribution in [0.25, 0.3) is 11.0 Å². The number of rotatable bonds is 3. The molecule has 0 spiro atoms. The van der Waals surface area contributed by atoms with Gasteiger partial charge in [0.15, 0.2) is 5.16 Å². The predicted octanol–water partition coefficient (Wildman–Crippen LogP) is 1.90. The number of hydrogen-bond donors (Lipinski definition) is 1. The van der Waals surface area contributed by atoms with Crippen molar-refractivity contribution in [3.05, 3.63) is 24.3 Å². The fourth-order valence-electron chi connectivity index (χ4n) is 2.26. The first-order valence-electron chi connectivity index (χ1n) is 6.69. The molecule has 1 fully saturated rings. The summed E-state index contributed by atoms with van der Waals surface area (Å²) in [6.07, 6.45) is 0.129. The lowest BCUT2D eigenvalue weighted by Gasteiger charge is -2.31. The van der Waals surface area contributed by atoms with E-state index in [1.807, 2.05) is 36.1 Å². The van der Waals surface area contributed by atoms with Crippen LogP contribution in [0.2, 0.25) is 0 Å². The Morgan fingerprint density at radius 3 is 3.20 bits per heavy atom. The van der Waals surface area contributed by atoms with E-state index in [9.17, 15) is 4.79 Å². The zero-order valence-corrected chi connectivity index (χ0v) is 12.2. The third kappa shape index (κ3) is 2.96. The van der Waals surface area contributed by atoms with Crippen LogP contribution in [-0.4, -0.2) is 52.3 Å². The molecule has 20 heavy (non-hydrogen) atoms. The highest BCUT2D eigenvalue weighted by atomic mass is 32.2. The van der Waals surface area contributed by atoms with E-state index in [0.717, 1.165) is 16.2 Å². The molecule has 0 saturated carbocycles. The van der Waals surface area contributed by atoms with Crippen LogP contribution < -0.4 is 0 Å². The van der Waals surface area contributed by atoms with Crippen molar-refractivity contribution in [2.75, 3.05) is 25.4 Å². The Bertz CT molecular complexity index is 580. The smallest absolute Gasteiger partial charge is 0.233 e. The standard InChI is InChI=1S/C14H17N3O2S/c1-10-8-17(6-7-19-10)13(18)9-20-14-15-11-4-2-3-5-12(11)16-14/h2-5,10H,6-9H2,1H3,(H,15,16)/t10-/m0/s1. The molecule has 106 valence electrons. The van der Waals surface area contributed by atoms with Gasteiger partial charge in [-0.2, -0.15) is 0 Å².